The second kappa shape index (κ2) is 11.2. The first-order chi connectivity index (χ1) is 11.7. The van der Waals surface area contributed by atoms with Crippen molar-refractivity contribution >= 4 is 30.7 Å². The third-order valence-corrected chi connectivity index (χ3v) is 5.21. The van der Waals surface area contributed by atoms with Gasteiger partial charge in [-0.05, 0) is 44.4 Å². The van der Waals surface area contributed by atoms with Crippen LogP contribution in [0.25, 0.3) is 0 Å². The fourth-order valence-electron chi connectivity index (χ4n) is 3.20. The van der Waals surface area contributed by atoms with Gasteiger partial charge in [0.2, 0.25) is 0 Å². The van der Waals surface area contributed by atoms with E-state index >= 15 is 0 Å². The van der Waals surface area contributed by atoms with Crippen LogP contribution in [0.3, 0.4) is 0 Å². The maximum Gasteiger partial charge on any atom is 0.251 e. The van der Waals surface area contributed by atoms with Crippen molar-refractivity contribution in [2.45, 2.75) is 58.9 Å². The Balaban J connectivity index is 0.00000338. The molecule has 3 atom stereocenters. The Labute approximate surface area is 176 Å². The van der Waals surface area contributed by atoms with Gasteiger partial charge in [0.25, 0.3) is 5.91 Å². The van der Waals surface area contributed by atoms with Gasteiger partial charge in [-0.15, -0.1) is 24.8 Å². The molecule has 1 aliphatic heterocycles. The number of morpholine rings is 1. The van der Waals surface area contributed by atoms with E-state index in [0.29, 0.717) is 12.1 Å². The van der Waals surface area contributed by atoms with Gasteiger partial charge in [-0.3, -0.25) is 9.69 Å². The van der Waals surface area contributed by atoms with Gasteiger partial charge >= 0.3 is 0 Å². The Morgan fingerprint density at radius 1 is 1.22 bits per heavy atom. The highest BCUT2D eigenvalue weighted by Crippen LogP contribution is 2.17. The molecular weight excluding hydrogens is 385 g/mol. The van der Waals surface area contributed by atoms with Gasteiger partial charge in [-0.2, -0.15) is 0 Å². The predicted octanol–water partition coefficient (Wildman–Crippen LogP) is 3.24. The molecule has 1 aromatic rings. The molecule has 0 aliphatic carbocycles. The largest absolute Gasteiger partial charge is 0.373 e. The maximum absolute atomic E-state index is 12.5. The molecule has 5 nitrogen and oxygen atoms in total. The van der Waals surface area contributed by atoms with E-state index in [1.54, 1.807) is 0 Å². The lowest BCUT2D eigenvalue weighted by atomic mass is 9.88. The molecule has 2 rings (SSSR count). The Hall–Kier alpha value is -0.850. The number of carbonyl (C=O) groups is 1. The number of benzene rings is 1. The van der Waals surface area contributed by atoms with Gasteiger partial charge in [0.15, 0.2) is 0 Å². The fraction of sp³-hybridized carbons (Fsp3) is 0.650. The first kappa shape index (κ1) is 26.1. The maximum atomic E-state index is 12.5. The van der Waals surface area contributed by atoms with Crippen molar-refractivity contribution in [1.29, 1.82) is 0 Å². The minimum absolute atomic E-state index is 0. The summed E-state index contributed by atoms with van der Waals surface area (Å²) in [6.45, 7) is 13.5. The molecule has 1 aromatic carbocycles. The highest BCUT2D eigenvalue weighted by molar-refractivity contribution is 5.94. The molecule has 0 spiro atoms. The Morgan fingerprint density at radius 2 is 1.74 bits per heavy atom. The van der Waals surface area contributed by atoms with Gasteiger partial charge in [0.05, 0.1) is 17.7 Å². The van der Waals surface area contributed by atoms with E-state index in [-0.39, 0.29) is 48.8 Å². The van der Waals surface area contributed by atoms with Gasteiger partial charge in [-0.25, -0.2) is 0 Å². The number of nitrogens with two attached hydrogens (primary N) is 1. The molecule has 7 heteroatoms. The van der Waals surface area contributed by atoms with Crippen molar-refractivity contribution in [3.8, 4) is 0 Å². The zero-order chi connectivity index (χ0) is 18.6. The molecule has 0 aromatic heterocycles. The molecular formula is C20H35Cl2N3O2. The van der Waals surface area contributed by atoms with E-state index in [4.69, 9.17) is 10.5 Å². The first-order valence-corrected chi connectivity index (χ1v) is 9.23. The van der Waals surface area contributed by atoms with Crippen molar-refractivity contribution in [3.63, 3.8) is 0 Å². The number of nitrogens with one attached hydrogen (secondary N) is 1. The number of rotatable bonds is 6. The van der Waals surface area contributed by atoms with Gasteiger partial charge in [0, 0.05) is 31.7 Å². The zero-order valence-electron chi connectivity index (χ0n) is 17.0. The van der Waals surface area contributed by atoms with Crippen molar-refractivity contribution < 1.29 is 9.53 Å². The normalized spacial score (nSPS) is 22.3. The lowest BCUT2D eigenvalue weighted by Gasteiger charge is -2.35. The summed E-state index contributed by atoms with van der Waals surface area (Å²) >= 11 is 0. The van der Waals surface area contributed by atoms with E-state index in [1.165, 1.54) is 5.56 Å². The minimum Gasteiger partial charge on any atom is -0.373 e. The van der Waals surface area contributed by atoms with E-state index in [9.17, 15) is 4.79 Å². The quantitative estimate of drug-likeness (QED) is 0.742. The van der Waals surface area contributed by atoms with E-state index in [0.717, 1.165) is 19.6 Å². The van der Waals surface area contributed by atoms with Crippen LogP contribution in [0.4, 0.5) is 0 Å². The molecule has 156 valence electrons. The number of hydrogen-bond donors (Lipinski definition) is 2. The summed E-state index contributed by atoms with van der Waals surface area (Å²) in [5, 5.41) is 3.08. The Bertz CT molecular complexity index is 573. The highest BCUT2D eigenvalue weighted by Gasteiger charge is 2.29. The number of nitrogens with zero attached hydrogens (tertiary/aromatic N) is 1. The average molecular weight is 420 g/mol. The molecule has 3 unspecified atom stereocenters. The Kier molecular flexibility index (Phi) is 10.9. The summed E-state index contributed by atoms with van der Waals surface area (Å²) in [6, 6.07) is 7.87. The van der Waals surface area contributed by atoms with Crippen LogP contribution in [-0.2, 0) is 11.3 Å². The molecule has 0 saturated carbocycles. The topological polar surface area (TPSA) is 67.6 Å². The number of ether oxygens (including phenoxy) is 1. The number of amides is 1. The number of halogens is 2. The van der Waals surface area contributed by atoms with Crippen molar-refractivity contribution in [3.05, 3.63) is 35.4 Å². The molecule has 0 bridgehead atoms. The summed E-state index contributed by atoms with van der Waals surface area (Å²) in [5.41, 5.74) is 7.35. The van der Waals surface area contributed by atoms with Crippen LogP contribution >= 0.6 is 24.8 Å². The molecule has 1 saturated heterocycles. The van der Waals surface area contributed by atoms with E-state index in [2.05, 4.69) is 37.9 Å². The van der Waals surface area contributed by atoms with Crippen molar-refractivity contribution in [2.75, 3.05) is 19.6 Å². The second-order valence-corrected chi connectivity index (χ2v) is 7.88. The molecule has 0 radical (unpaired) electrons. The van der Waals surface area contributed by atoms with Gasteiger partial charge in [-0.1, -0.05) is 26.0 Å². The van der Waals surface area contributed by atoms with Crippen LogP contribution in [0.15, 0.2) is 24.3 Å². The summed E-state index contributed by atoms with van der Waals surface area (Å²) in [7, 11) is 0. The van der Waals surface area contributed by atoms with Gasteiger partial charge in [0.1, 0.15) is 0 Å². The number of hydrogen-bond acceptors (Lipinski definition) is 4. The van der Waals surface area contributed by atoms with E-state index < -0.39 is 5.54 Å². The first-order valence-electron chi connectivity index (χ1n) is 9.23. The van der Waals surface area contributed by atoms with Crippen LogP contribution in [0.5, 0.6) is 0 Å². The summed E-state index contributed by atoms with van der Waals surface area (Å²) in [6.07, 6.45) is 0.526. The van der Waals surface area contributed by atoms with Crippen LogP contribution < -0.4 is 11.1 Å². The lowest BCUT2D eigenvalue weighted by molar-refractivity contribution is -0.0704. The molecule has 1 heterocycles. The smallest absolute Gasteiger partial charge is 0.251 e. The van der Waals surface area contributed by atoms with E-state index in [1.807, 2.05) is 31.2 Å². The molecule has 3 N–H and O–H groups in total. The number of carbonyl (C=O) groups excluding carboxylic acids is 1. The second-order valence-electron chi connectivity index (χ2n) is 7.88. The highest BCUT2D eigenvalue weighted by atomic mass is 35.5. The van der Waals surface area contributed by atoms with Gasteiger partial charge < -0.3 is 15.8 Å². The predicted molar refractivity (Wildman–Crippen MR) is 116 cm³/mol. The SMILES string of the molecule is CC1CN(Cc2ccc(C(=O)NC(C)(CN)C(C)C)cc2)CC(C)O1.Cl.Cl. The summed E-state index contributed by atoms with van der Waals surface area (Å²) < 4.78 is 5.78. The monoisotopic (exact) mass is 419 g/mol. The third-order valence-electron chi connectivity index (χ3n) is 5.21. The van der Waals surface area contributed by atoms with Crippen molar-refractivity contribution in [1.82, 2.24) is 10.2 Å². The van der Waals surface area contributed by atoms with Crippen LogP contribution in [0.1, 0.15) is 50.5 Å². The molecule has 1 amide bonds. The lowest BCUT2D eigenvalue weighted by Crippen LogP contribution is -2.55. The zero-order valence-corrected chi connectivity index (χ0v) is 18.7. The average Bonchev–Trinajstić information content (AvgIpc) is 2.54. The van der Waals surface area contributed by atoms with Crippen LogP contribution in [0, 0.1) is 5.92 Å². The fourth-order valence-corrected chi connectivity index (χ4v) is 3.20. The molecule has 1 fully saturated rings. The summed E-state index contributed by atoms with van der Waals surface area (Å²) in [5.74, 6) is 0.202. The summed E-state index contributed by atoms with van der Waals surface area (Å²) in [4.78, 5) is 14.9. The van der Waals surface area contributed by atoms with Crippen LogP contribution in [0.2, 0.25) is 0 Å². The molecule has 1 aliphatic rings. The standard InChI is InChI=1S/C20H33N3O2.2ClH/c1-14(2)20(5,13-21)22-19(24)18-8-6-17(7-9-18)12-23-10-15(3)25-16(4)11-23;;/h6-9,14-16H,10-13,21H2,1-5H3,(H,22,24);2*1H. The minimum atomic E-state index is -0.393. The Morgan fingerprint density at radius 3 is 2.19 bits per heavy atom. The molecule has 27 heavy (non-hydrogen) atoms. The van der Waals surface area contributed by atoms with Crippen molar-refractivity contribution in [2.24, 2.45) is 11.7 Å². The third kappa shape index (κ3) is 7.24. The van der Waals surface area contributed by atoms with Crippen LogP contribution in [-0.4, -0.2) is 48.2 Å².